The first kappa shape index (κ1) is 17.0. The molecule has 0 bridgehead atoms. The van der Waals surface area contributed by atoms with Crippen LogP contribution in [0.5, 0.6) is 0 Å². The van der Waals surface area contributed by atoms with Crippen molar-refractivity contribution >= 4 is 23.6 Å². The number of carboxylic acid groups (broad SMARTS) is 1. The van der Waals surface area contributed by atoms with Crippen LogP contribution >= 0.6 is 11.9 Å². The van der Waals surface area contributed by atoms with Crippen molar-refractivity contribution in [3.63, 3.8) is 0 Å². The Balaban J connectivity index is 1.69. The molecule has 1 heterocycles. The number of aromatic nitrogens is 1. The van der Waals surface area contributed by atoms with Crippen molar-refractivity contribution < 1.29 is 14.3 Å². The maximum absolute atomic E-state index is 13.0. The van der Waals surface area contributed by atoms with Crippen LogP contribution in [0.4, 0.5) is 10.1 Å². The van der Waals surface area contributed by atoms with Crippen LogP contribution < -0.4 is 4.72 Å². The van der Waals surface area contributed by atoms with Gasteiger partial charge in [-0.25, -0.2) is 9.18 Å². The highest BCUT2D eigenvalue weighted by Crippen LogP contribution is 2.25. The van der Waals surface area contributed by atoms with Crippen LogP contribution in [0.3, 0.4) is 0 Å². The SMILES string of the molecule is Cc1ccc(SNc2ccc(-c3ccc(F)cc3)nc2)cc1C(=O)O. The lowest BCUT2D eigenvalue weighted by molar-refractivity contribution is 0.0696. The van der Waals surface area contributed by atoms with E-state index in [4.69, 9.17) is 5.11 Å². The zero-order chi connectivity index (χ0) is 17.8. The molecule has 126 valence electrons. The molecule has 0 unspecified atom stereocenters. The summed E-state index contributed by atoms with van der Waals surface area (Å²) in [6.07, 6.45) is 1.68. The Hall–Kier alpha value is -2.86. The van der Waals surface area contributed by atoms with Gasteiger partial charge in [0.2, 0.25) is 0 Å². The normalized spacial score (nSPS) is 10.5. The van der Waals surface area contributed by atoms with Gasteiger partial charge in [-0.2, -0.15) is 0 Å². The molecule has 3 rings (SSSR count). The third-order valence-corrected chi connectivity index (χ3v) is 4.46. The quantitative estimate of drug-likeness (QED) is 0.630. The second-order valence-electron chi connectivity index (χ2n) is 5.43. The molecule has 4 nitrogen and oxygen atoms in total. The lowest BCUT2D eigenvalue weighted by Crippen LogP contribution is -2.00. The van der Waals surface area contributed by atoms with Gasteiger partial charge in [0.25, 0.3) is 0 Å². The van der Waals surface area contributed by atoms with Gasteiger partial charge in [0.1, 0.15) is 5.82 Å². The zero-order valence-corrected chi connectivity index (χ0v) is 14.2. The summed E-state index contributed by atoms with van der Waals surface area (Å²) >= 11 is 1.31. The largest absolute Gasteiger partial charge is 0.478 e. The highest BCUT2D eigenvalue weighted by Gasteiger charge is 2.08. The van der Waals surface area contributed by atoms with E-state index in [9.17, 15) is 9.18 Å². The fourth-order valence-electron chi connectivity index (χ4n) is 2.26. The molecule has 0 spiro atoms. The van der Waals surface area contributed by atoms with Crippen molar-refractivity contribution in [1.29, 1.82) is 0 Å². The van der Waals surface area contributed by atoms with Gasteiger partial charge in [0.05, 0.1) is 23.1 Å². The zero-order valence-electron chi connectivity index (χ0n) is 13.4. The van der Waals surface area contributed by atoms with E-state index < -0.39 is 5.97 Å². The first-order chi connectivity index (χ1) is 12.0. The number of anilines is 1. The lowest BCUT2D eigenvalue weighted by Gasteiger charge is -2.08. The predicted molar refractivity (Wildman–Crippen MR) is 97.2 cm³/mol. The van der Waals surface area contributed by atoms with E-state index >= 15 is 0 Å². The van der Waals surface area contributed by atoms with Crippen molar-refractivity contribution in [2.75, 3.05) is 4.72 Å². The van der Waals surface area contributed by atoms with Gasteiger partial charge in [-0.3, -0.25) is 4.98 Å². The monoisotopic (exact) mass is 354 g/mol. The van der Waals surface area contributed by atoms with Gasteiger partial charge in [-0.05, 0) is 73.0 Å². The molecule has 3 aromatic rings. The molecule has 0 aliphatic carbocycles. The highest BCUT2D eigenvalue weighted by atomic mass is 32.2. The molecule has 0 aliphatic rings. The van der Waals surface area contributed by atoms with E-state index in [1.807, 2.05) is 18.2 Å². The highest BCUT2D eigenvalue weighted by molar-refractivity contribution is 8.00. The van der Waals surface area contributed by atoms with E-state index in [-0.39, 0.29) is 11.4 Å². The minimum atomic E-state index is -0.940. The number of hydrogen-bond donors (Lipinski definition) is 2. The molecule has 2 N–H and O–H groups in total. The van der Waals surface area contributed by atoms with Crippen LogP contribution in [0.1, 0.15) is 15.9 Å². The fraction of sp³-hybridized carbons (Fsp3) is 0.0526. The Bertz CT molecular complexity index is 896. The number of carboxylic acids is 1. The van der Waals surface area contributed by atoms with Gasteiger partial charge >= 0.3 is 5.97 Å². The van der Waals surface area contributed by atoms with Crippen molar-refractivity contribution in [1.82, 2.24) is 4.98 Å². The summed E-state index contributed by atoms with van der Waals surface area (Å²) in [6, 6.07) is 15.1. The number of rotatable bonds is 5. The maximum atomic E-state index is 13.0. The second-order valence-corrected chi connectivity index (χ2v) is 6.30. The molecule has 0 atom stereocenters. The number of nitrogens with one attached hydrogen (secondary N) is 1. The number of nitrogens with zero attached hydrogens (tertiary/aromatic N) is 1. The van der Waals surface area contributed by atoms with Crippen LogP contribution in [-0.2, 0) is 0 Å². The minimum Gasteiger partial charge on any atom is -0.478 e. The number of benzene rings is 2. The smallest absolute Gasteiger partial charge is 0.335 e. The topological polar surface area (TPSA) is 62.2 Å². The van der Waals surface area contributed by atoms with E-state index in [2.05, 4.69) is 9.71 Å². The summed E-state index contributed by atoms with van der Waals surface area (Å²) in [6.45, 7) is 1.77. The summed E-state index contributed by atoms with van der Waals surface area (Å²) in [5.41, 5.74) is 3.39. The Morgan fingerprint density at radius 3 is 2.52 bits per heavy atom. The van der Waals surface area contributed by atoms with Crippen molar-refractivity contribution in [3.8, 4) is 11.3 Å². The van der Waals surface area contributed by atoms with E-state index in [0.29, 0.717) is 0 Å². The maximum Gasteiger partial charge on any atom is 0.335 e. The van der Waals surface area contributed by atoms with Crippen molar-refractivity contribution in [2.24, 2.45) is 0 Å². The Morgan fingerprint density at radius 2 is 1.88 bits per heavy atom. The van der Waals surface area contributed by atoms with Crippen LogP contribution in [0.25, 0.3) is 11.3 Å². The molecule has 0 fully saturated rings. The third kappa shape index (κ3) is 4.16. The number of aromatic carboxylic acids is 1. The van der Waals surface area contributed by atoms with Gasteiger partial charge in [0, 0.05) is 10.5 Å². The molecule has 25 heavy (non-hydrogen) atoms. The molecule has 6 heteroatoms. The second kappa shape index (κ2) is 7.36. The van der Waals surface area contributed by atoms with Crippen LogP contribution in [0.15, 0.2) is 65.7 Å². The first-order valence-corrected chi connectivity index (χ1v) is 8.33. The predicted octanol–water partition coefficient (Wildman–Crippen LogP) is 5.01. The third-order valence-electron chi connectivity index (χ3n) is 3.63. The van der Waals surface area contributed by atoms with Gasteiger partial charge in [-0.15, -0.1) is 0 Å². The van der Waals surface area contributed by atoms with Crippen LogP contribution in [0, 0.1) is 12.7 Å². The van der Waals surface area contributed by atoms with Gasteiger partial charge in [0.15, 0.2) is 0 Å². The number of hydrogen-bond acceptors (Lipinski definition) is 4. The number of pyridine rings is 1. The fourth-order valence-corrected chi connectivity index (χ4v) is 2.93. The molecular weight excluding hydrogens is 339 g/mol. The summed E-state index contributed by atoms with van der Waals surface area (Å²) < 4.78 is 16.1. The number of aryl methyl sites for hydroxylation is 1. The summed E-state index contributed by atoms with van der Waals surface area (Å²) in [7, 11) is 0. The average molecular weight is 354 g/mol. The van der Waals surface area contributed by atoms with Crippen LogP contribution in [-0.4, -0.2) is 16.1 Å². The Labute approximate surface area is 148 Å². The number of carbonyl (C=O) groups is 1. The Kier molecular flexibility index (Phi) is 5.00. The lowest BCUT2D eigenvalue weighted by atomic mass is 10.1. The molecule has 0 saturated carbocycles. The standard InChI is InChI=1S/C19H15FN2O2S/c1-12-2-8-16(10-17(12)19(23)24)25-22-15-7-9-18(21-11-15)13-3-5-14(20)6-4-13/h2-11,22H,1H3,(H,23,24). The van der Waals surface area contributed by atoms with Gasteiger partial charge < -0.3 is 9.83 Å². The number of halogens is 1. The van der Waals surface area contributed by atoms with Crippen molar-refractivity contribution in [2.45, 2.75) is 11.8 Å². The Morgan fingerprint density at radius 1 is 1.12 bits per heavy atom. The minimum absolute atomic E-state index is 0.280. The molecule has 0 radical (unpaired) electrons. The van der Waals surface area contributed by atoms with Crippen molar-refractivity contribution in [3.05, 3.63) is 77.7 Å². The van der Waals surface area contributed by atoms with E-state index in [0.717, 1.165) is 27.4 Å². The molecule has 0 amide bonds. The average Bonchev–Trinajstić information content (AvgIpc) is 2.62. The van der Waals surface area contributed by atoms with Gasteiger partial charge in [-0.1, -0.05) is 6.07 Å². The molecule has 0 aliphatic heterocycles. The van der Waals surface area contributed by atoms with E-state index in [1.54, 1.807) is 37.4 Å². The molecular formula is C19H15FN2O2S. The summed E-state index contributed by atoms with van der Waals surface area (Å²) in [5.74, 6) is -1.22. The molecule has 1 aromatic heterocycles. The molecule has 2 aromatic carbocycles. The van der Waals surface area contributed by atoms with E-state index in [1.165, 1.54) is 24.1 Å². The molecule has 0 saturated heterocycles. The first-order valence-electron chi connectivity index (χ1n) is 7.52. The summed E-state index contributed by atoms with van der Waals surface area (Å²) in [4.78, 5) is 16.3. The van der Waals surface area contributed by atoms with Crippen LogP contribution in [0.2, 0.25) is 0 Å². The summed E-state index contributed by atoms with van der Waals surface area (Å²) in [5, 5.41) is 9.17.